The second kappa shape index (κ2) is 18.5. The molecule has 284 valence electrons. The first-order chi connectivity index (χ1) is 25.9. The summed E-state index contributed by atoms with van der Waals surface area (Å²) in [6, 6.07) is 21.0. The van der Waals surface area contributed by atoms with Crippen LogP contribution in [0.5, 0.6) is 0 Å². The Labute approximate surface area is 314 Å². The van der Waals surface area contributed by atoms with E-state index in [-0.39, 0.29) is 24.8 Å². The van der Waals surface area contributed by atoms with Gasteiger partial charge in [-0.25, -0.2) is 9.97 Å². The molecule has 54 heavy (non-hydrogen) atoms. The lowest BCUT2D eigenvalue weighted by atomic mass is 10.0. The molecule has 1 atom stereocenters. The molecule has 5 rings (SSSR count). The van der Waals surface area contributed by atoms with Gasteiger partial charge in [0.25, 0.3) is 0 Å². The standard InChI is InChI=1S/C41H46F3N7O3/c1-31(52)49-21-23-50(24-22-49)37-16-11-34(12-17-37)29-51(39(53)18-13-32-9-14-36(15-10-32)41(42,43)44)38(25-33-7-5-4-6-8-33)40(54)48(3)20-19-47(2)28-35-26-45-30-46-27-35/h4-18,26-27,30,38H,19-25,28-29H2,1-3H3/t38-/m0/s1. The van der Waals surface area contributed by atoms with E-state index in [9.17, 15) is 27.6 Å². The summed E-state index contributed by atoms with van der Waals surface area (Å²) in [5.74, 6) is -0.642. The zero-order chi connectivity index (χ0) is 38.7. The maximum absolute atomic E-state index is 14.4. The van der Waals surface area contributed by atoms with Crippen LogP contribution in [0.3, 0.4) is 0 Å². The van der Waals surface area contributed by atoms with Crippen LogP contribution in [-0.4, -0.2) is 107 Å². The summed E-state index contributed by atoms with van der Waals surface area (Å²) in [7, 11) is 3.67. The Bertz CT molecular complexity index is 1850. The fraction of sp³-hybridized carbons (Fsp3) is 0.341. The van der Waals surface area contributed by atoms with E-state index in [0.717, 1.165) is 34.5 Å². The normalized spacial score (nSPS) is 14.0. The van der Waals surface area contributed by atoms with Crippen molar-refractivity contribution in [3.63, 3.8) is 0 Å². The Kier molecular flexibility index (Phi) is 13.6. The summed E-state index contributed by atoms with van der Waals surface area (Å²) >= 11 is 0. The van der Waals surface area contributed by atoms with Crippen molar-refractivity contribution in [2.75, 3.05) is 58.3 Å². The van der Waals surface area contributed by atoms with E-state index in [1.165, 1.54) is 35.5 Å². The Balaban J connectivity index is 1.40. The van der Waals surface area contributed by atoms with Crippen LogP contribution in [0.1, 0.15) is 34.7 Å². The molecule has 1 saturated heterocycles. The zero-order valence-corrected chi connectivity index (χ0v) is 30.8. The van der Waals surface area contributed by atoms with E-state index in [1.54, 1.807) is 31.3 Å². The highest BCUT2D eigenvalue weighted by molar-refractivity contribution is 5.95. The minimum atomic E-state index is -4.48. The Morgan fingerprint density at radius 1 is 0.796 bits per heavy atom. The number of benzene rings is 3. The van der Waals surface area contributed by atoms with Crippen LogP contribution in [0.15, 0.2) is 104 Å². The lowest BCUT2D eigenvalue weighted by molar-refractivity contribution is -0.143. The lowest BCUT2D eigenvalue weighted by Gasteiger charge is -2.36. The molecule has 2 heterocycles. The van der Waals surface area contributed by atoms with Gasteiger partial charge in [-0.1, -0.05) is 54.6 Å². The minimum Gasteiger partial charge on any atom is -0.368 e. The molecule has 0 saturated carbocycles. The van der Waals surface area contributed by atoms with Gasteiger partial charge in [-0.3, -0.25) is 14.4 Å². The van der Waals surface area contributed by atoms with Crippen molar-refractivity contribution in [3.8, 4) is 0 Å². The van der Waals surface area contributed by atoms with Crippen LogP contribution in [0.4, 0.5) is 18.9 Å². The fourth-order valence-corrected chi connectivity index (χ4v) is 6.33. The number of nitrogens with zero attached hydrogens (tertiary/aromatic N) is 7. The van der Waals surface area contributed by atoms with Crippen LogP contribution in [-0.2, 0) is 40.1 Å². The second-order valence-electron chi connectivity index (χ2n) is 13.5. The largest absolute Gasteiger partial charge is 0.416 e. The van der Waals surface area contributed by atoms with Gasteiger partial charge < -0.3 is 24.5 Å². The predicted octanol–water partition coefficient (Wildman–Crippen LogP) is 5.41. The number of rotatable bonds is 14. The van der Waals surface area contributed by atoms with Gasteiger partial charge in [-0.15, -0.1) is 0 Å². The lowest BCUT2D eigenvalue weighted by Crippen LogP contribution is -2.51. The molecule has 0 radical (unpaired) electrons. The van der Waals surface area contributed by atoms with E-state index < -0.39 is 23.7 Å². The van der Waals surface area contributed by atoms with Crippen LogP contribution >= 0.6 is 0 Å². The molecule has 1 aliphatic heterocycles. The van der Waals surface area contributed by atoms with Gasteiger partial charge >= 0.3 is 6.18 Å². The number of piperazine rings is 1. The molecule has 0 spiro atoms. The van der Waals surface area contributed by atoms with Crippen molar-refractivity contribution in [1.82, 2.24) is 29.6 Å². The maximum atomic E-state index is 14.4. The molecule has 3 amide bonds. The Morgan fingerprint density at radius 2 is 1.44 bits per heavy atom. The van der Waals surface area contributed by atoms with E-state index in [4.69, 9.17) is 0 Å². The van der Waals surface area contributed by atoms with Crippen molar-refractivity contribution < 1.29 is 27.6 Å². The monoisotopic (exact) mass is 741 g/mol. The van der Waals surface area contributed by atoms with Crippen LogP contribution in [0.25, 0.3) is 6.08 Å². The molecule has 3 aromatic carbocycles. The Morgan fingerprint density at radius 3 is 2.06 bits per heavy atom. The number of amides is 3. The summed E-state index contributed by atoms with van der Waals surface area (Å²) in [6.45, 7) is 5.90. The molecule has 0 aliphatic carbocycles. The van der Waals surface area contributed by atoms with Gasteiger partial charge in [0.15, 0.2) is 0 Å². The number of hydrogen-bond donors (Lipinski definition) is 0. The third-order valence-electron chi connectivity index (χ3n) is 9.51. The van der Waals surface area contributed by atoms with Gasteiger partial charge in [0.2, 0.25) is 17.7 Å². The number of aromatic nitrogens is 2. The Hall–Kier alpha value is -5.56. The van der Waals surface area contributed by atoms with Gasteiger partial charge in [0.1, 0.15) is 12.4 Å². The average molecular weight is 742 g/mol. The highest BCUT2D eigenvalue weighted by Crippen LogP contribution is 2.29. The maximum Gasteiger partial charge on any atom is 0.416 e. The van der Waals surface area contributed by atoms with E-state index in [2.05, 4.69) is 19.8 Å². The zero-order valence-electron chi connectivity index (χ0n) is 30.8. The summed E-state index contributed by atoms with van der Waals surface area (Å²) in [5.41, 5.74) is 3.24. The third kappa shape index (κ3) is 11.2. The molecular formula is C41H46F3N7O3. The molecular weight excluding hydrogens is 695 g/mol. The first-order valence-corrected chi connectivity index (χ1v) is 17.8. The topological polar surface area (TPSA) is 93.2 Å². The number of carbonyl (C=O) groups excluding carboxylic acids is 3. The SMILES string of the molecule is CC(=O)N1CCN(c2ccc(CN(C(=O)C=Cc3ccc(C(F)(F)F)cc3)[C@@H](Cc3ccccc3)C(=O)N(C)CCN(C)Cc3cncnc3)cc2)CC1. The number of anilines is 1. The van der Waals surface area contributed by atoms with Crippen molar-refractivity contribution in [2.24, 2.45) is 0 Å². The van der Waals surface area contributed by atoms with E-state index in [1.807, 2.05) is 66.5 Å². The number of hydrogen-bond acceptors (Lipinski definition) is 7. The van der Waals surface area contributed by atoms with Crippen molar-refractivity contribution in [1.29, 1.82) is 0 Å². The number of alkyl halides is 3. The van der Waals surface area contributed by atoms with Crippen LogP contribution in [0, 0.1) is 0 Å². The summed E-state index contributed by atoms with van der Waals surface area (Å²) in [6.07, 6.45) is 3.52. The predicted molar refractivity (Wildman–Crippen MR) is 202 cm³/mol. The summed E-state index contributed by atoms with van der Waals surface area (Å²) < 4.78 is 39.6. The third-order valence-corrected chi connectivity index (χ3v) is 9.51. The van der Waals surface area contributed by atoms with Gasteiger partial charge in [0, 0.05) is 102 Å². The molecule has 0 N–H and O–H groups in total. The number of likely N-dealkylation sites (N-methyl/N-ethyl adjacent to an activating group) is 2. The van der Waals surface area contributed by atoms with Crippen molar-refractivity contribution in [2.45, 2.75) is 38.7 Å². The minimum absolute atomic E-state index is 0.0571. The van der Waals surface area contributed by atoms with Crippen molar-refractivity contribution >= 4 is 29.5 Å². The molecule has 0 unspecified atom stereocenters. The van der Waals surface area contributed by atoms with Gasteiger partial charge in [-0.05, 0) is 54.1 Å². The van der Waals surface area contributed by atoms with Crippen LogP contribution in [0.2, 0.25) is 0 Å². The average Bonchev–Trinajstić information content (AvgIpc) is 3.18. The summed E-state index contributed by atoms with van der Waals surface area (Å²) in [5, 5.41) is 0. The first kappa shape index (κ1) is 39.6. The quantitative estimate of drug-likeness (QED) is 0.160. The molecule has 1 fully saturated rings. The first-order valence-electron chi connectivity index (χ1n) is 17.8. The molecule has 1 aromatic heterocycles. The number of halogens is 3. The van der Waals surface area contributed by atoms with Gasteiger partial charge in [-0.2, -0.15) is 13.2 Å². The fourth-order valence-electron chi connectivity index (χ4n) is 6.33. The summed E-state index contributed by atoms with van der Waals surface area (Å²) in [4.78, 5) is 57.8. The second-order valence-corrected chi connectivity index (χ2v) is 13.5. The van der Waals surface area contributed by atoms with E-state index >= 15 is 0 Å². The number of carbonyl (C=O) groups is 3. The molecule has 10 nitrogen and oxygen atoms in total. The smallest absolute Gasteiger partial charge is 0.368 e. The van der Waals surface area contributed by atoms with Crippen LogP contribution < -0.4 is 4.90 Å². The molecule has 13 heteroatoms. The van der Waals surface area contributed by atoms with Crippen molar-refractivity contribution in [3.05, 3.63) is 131 Å². The highest BCUT2D eigenvalue weighted by Gasteiger charge is 2.32. The van der Waals surface area contributed by atoms with E-state index in [0.29, 0.717) is 51.4 Å². The highest BCUT2D eigenvalue weighted by atomic mass is 19.4. The molecule has 4 aromatic rings. The molecule has 1 aliphatic rings. The van der Waals surface area contributed by atoms with Gasteiger partial charge in [0.05, 0.1) is 5.56 Å². The molecule has 0 bridgehead atoms.